The zero-order valence-electron chi connectivity index (χ0n) is 25.4. The topological polar surface area (TPSA) is 0 Å². The Morgan fingerprint density at radius 2 is 1.62 bits per heavy atom. The van der Waals surface area contributed by atoms with Crippen molar-refractivity contribution in [1.29, 1.82) is 0 Å². The molecule has 0 aliphatic heterocycles. The number of aryl methyl sites for hydroxylation is 1. The molecular formula is C42H29F4I. The van der Waals surface area contributed by atoms with Crippen molar-refractivity contribution in [3.05, 3.63) is 134 Å². The smallest absolute Gasteiger partial charge is 0.206 e. The zero-order chi connectivity index (χ0) is 32.3. The summed E-state index contributed by atoms with van der Waals surface area (Å²) in [6.45, 7) is 0. The van der Waals surface area contributed by atoms with Crippen molar-refractivity contribution in [2.24, 2.45) is 11.8 Å². The normalized spacial score (nSPS) is 19.9. The number of hydrogen-bond donors (Lipinski definition) is 0. The average Bonchev–Trinajstić information content (AvgIpc) is 3.09. The van der Waals surface area contributed by atoms with E-state index in [-0.39, 0.29) is 18.2 Å². The molecule has 0 radical (unpaired) electrons. The van der Waals surface area contributed by atoms with Crippen LogP contribution in [-0.4, -0.2) is 10.7 Å². The minimum Gasteiger partial charge on any atom is -0.206 e. The Kier molecular flexibility index (Phi) is 7.52. The van der Waals surface area contributed by atoms with Crippen LogP contribution < -0.4 is 0 Å². The first kappa shape index (κ1) is 30.1. The molecule has 2 unspecified atom stereocenters. The summed E-state index contributed by atoms with van der Waals surface area (Å²) < 4.78 is 61.0. The molecule has 4 aromatic carbocycles. The molecule has 232 valence electrons. The van der Waals surface area contributed by atoms with Gasteiger partial charge in [-0.25, -0.2) is 4.39 Å². The van der Waals surface area contributed by atoms with Crippen LogP contribution in [0, 0.1) is 33.1 Å². The predicted molar refractivity (Wildman–Crippen MR) is 196 cm³/mol. The Morgan fingerprint density at radius 1 is 0.809 bits per heavy atom. The van der Waals surface area contributed by atoms with E-state index in [1.807, 2.05) is 18.2 Å². The fourth-order valence-corrected chi connectivity index (χ4v) is 8.33. The van der Waals surface area contributed by atoms with Crippen LogP contribution in [0.1, 0.15) is 41.5 Å². The van der Waals surface area contributed by atoms with Gasteiger partial charge in [-0.15, -0.1) is 0 Å². The molecule has 4 aliphatic rings. The van der Waals surface area contributed by atoms with E-state index in [1.165, 1.54) is 17.2 Å². The van der Waals surface area contributed by atoms with Gasteiger partial charge in [0.15, 0.2) is 0 Å². The van der Waals surface area contributed by atoms with E-state index in [9.17, 15) is 13.2 Å². The SMILES string of the molecule is C=Ic1cc2c(C3=CCC4C#CC=CC4=C3)c3ccc(C4=CCC(C(F)(F)F)C=C4)cc3c(-c3ccc4c(c3)CCC=C4)c2cc1F. The molecule has 2 atom stereocenters. The molecule has 4 aliphatic carbocycles. The highest BCUT2D eigenvalue weighted by Gasteiger charge is 2.37. The van der Waals surface area contributed by atoms with Crippen LogP contribution in [0.2, 0.25) is 0 Å². The third kappa shape index (κ3) is 5.37. The first-order chi connectivity index (χ1) is 22.8. The van der Waals surface area contributed by atoms with E-state index in [0.29, 0.717) is 3.57 Å². The lowest BCUT2D eigenvalue weighted by Crippen LogP contribution is -2.21. The van der Waals surface area contributed by atoms with Crippen LogP contribution in [-0.2, 0) is 6.42 Å². The summed E-state index contributed by atoms with van der Waals surface area (Å²) in [5.74, 6) is 4.83. The molecule has 0 fully saturated rings. The van der Waals surface area contributed by atoms with Crippen molar-refractivity contribution in [3.63, 3.8) is 0 Å². The highest BCUT2D eigenvalue weighted by Crippen LogP contribution is 2.46. The lowest BCUT2D eigenvalue weighted by atomic mass is 9.80. The van der Waals surface area contributed by atoms with Crippen LogP contribution in [0.3, 0.4) is 0 Å². The van der Waals surface area contributed by atoms with Crippen LogP contribution in [0.25, 0.3) is 49.9 Å². The van der Waals surface area contributed by atoms with Gasteiger partial charge in [-0.2, -0.15) is 13.2 Å². The monoisotopic (exact) mass is 736 g/mol. The van der Waals surface area contributed by atoms with E-state index in [1.54, 1.807) is 18.2 Å². The quantitative estimate of drug-likeness (QED) is 0.0847. The number of rotatable bonds is 4. The summed E-state index contributed by atoms with van der Waals surface area (Å²) >= 11 is -0.767. The molecule has 0 aromatic heterocycles. The van der Waals surface area contributed by atoms with Gasteiger partial charge in [0.2, 0.25) is 0 Å². The minimum absolute atomic E-state index is 0.0955. The first-order valence-electron chi connectivity index (χ1n) is 15.7. The van der Waals surface area contributed by atoms with Crippen molar-refractivity contribution < 1.29 is 17.6 Å². The van der Waals surface area contributed by atoms with Crippen molar-refractivity contribution in [1.82, 2.24) is 0 Å². The van der Waals surface area contributed by atoms with E-state index in [4.69, 9.17) is 0 Å². The van der Waals surface area contributed by atoms with Gasteiger partial charge in [-0.3, -0.25) is 0 Å². The second-order valence-corrected chi connectivity index (χ2v) is 14.4. The highest BCUT2D eigenvalue weighted by molar-refractivity contribution is 14.2. The lowest BCUT2D eigenvalue weighted by Gasteiger charge is -2.24. The van der Waals surface area contributed by atoms with Gasteiger partial charge in [-0.05, 0) is 128 Å². The van der Waals surface area contributed by atoms with Crippen LogP contribution in [0.4, 0.5) is 17.6 Å². The van der Waals surface area contributed by atoms with Crippen LogP contribution >= 0.6 is 20.7 Å². The molecule has 0 spiro atoms. The van der Waals surface area contributed by atoms with Gasteiger partial charge in [0.05, 0.1) is 5.92 Å². The maximum atomic E-state index is 15.8. The number of hydrogen-bond acceptors (Lipinski definition) is 0. The van der Waals surface area contributed by atoms with Gasteiger partial charge in [0, 0.05) is 9.49 Å². The van der Waals surface area contributed by atoms with Gasteiger partial charge >= 0.3 is 6.18 Å². The summed E-state index contributed by atoms with van der Waals surface area (Å²) in [5.41, 5.74) is 9.23. The summed E-state index contributed by atoms with van der Waals surface area (Å²) in [5, 5.41) is 3.77. The van der Waals surface area contributed by atoms with Crippen molar-refractivity contribution >= 4 is 64.0 Å². The van der Waals surface area contributed by atoms with E-state index < -0.39 is 32.8 Å². The maximum absolute atomic E-state index is 15.8. The number of benzene rings is 4. The van der Waals surface area contributed by atoms with Crippen molar-refractivity contribution in [3.8, 4) is 23.0 Å². The molecular weight excluding hydrogens is 707 g/mol. The van der Waals surface area contributed by atoms with Gasteiger partial charge in [-0.1, -0.05) is 110 Å². The zero-order valence-corrected chi connectivity index (χ0v) is 27.6. The summed E-state index contributed by atoms with van der Waals surface area (Å²) in [6, 6.07) is 16.3. The number of fused-ring (bicyclic) bond motifs is 4. The van der Waals surface area contributed by atoms with Crippen LogP contribution in [0.5, 0.6) is 0 Å². The molecule has 8 rings (SSSR count). The third-order valence-corrected chi connectivity index (χ3v) is 11.3. The maximum Gasteiger partial charge on any atom is 0.395 e. The second kappa shape index (κ2) is 11.8. The predicted octanol–water partition coefficient (Wildman–Crippen LogP) is 11.8. The minimum atomic E-state index is -4.27. The lowest BCUT2D eigenvalue weighted by molar-refractivity contribution is -0.160. The Morgan fingerprint density at radius 3 is 2.43 bits per heavy atom. The molecule has 0 N–H and O–H groups in total. The Bertz CT molecular complexity index is 2280. The Hall–Kier alpha value is -4.28. The molecule has 0 saturated heterocycles. The average molecular weight is 737 g/mol. The molecule has 0 amide bonds. The van der Waals surface area contributed by atoms with Gasteiger partial charge in [0.25, 0.3) is 0 Å². The molecule has 0 bridgehead atoms. The fourth-order valence-electron chi connectivity index (χ4n) is 7.28. The van der Waals surface area contributed by atoms with Gasteiger partial charge in [0.1, 0.15) is 5.82 Å². The number of alkyl halides is 3. The van der Waals surface area contributed by atoms with Crippen molar-refractivity contribution in [2.75, 3.05) is 0 Å². The van der Waals surface area contributed by atoms with Crippen LogP contribution in [0.15, 0.2) is 103 Å². The molecule has 4 aromatic rings. The second-order valence-electron chi connectivity index (χ2n) is 12.4. The molecule has 0 nitrogen and oxygen atoms in total. The summed E-state index contributed by atoms with van der Waals surface area (Å²) in [4.78, 5) is 0. The Labute approximate surface area is 281 Å². The highest BCUT2D eigenvalue weighted by atomic mass is 127. The standard InChI is InChI=1S/C42H29F4I/c1-47-39-24-37-36(23-38(39)43)41(32-13-11-26-7-3-5-9-29(26)21-32)35-22-30(27-14-17-33(18-15-27)42(44,45)46)16-19-34(35)40(37)31-12-10-25-6-2-4-8-28(25)20-31/h3-4,7-8,11-17,19-25,33H,1,5,9-10,18H2. The summed E-state index contributed by atoms with van der Waals surface area (Å²) in [6.07, 6.45) is 15.6. The molecule has 5 heteroatoms. The number of halogens is 5. The van der Waals surface area contributed by atoms with E-state index >= 15 is 4.39 Å². The van der Waals surface area contributed by atoms with E-state index in [0.717, 1.165) is 79.8 Å². The van der Waals surface area contributed by atoms with E-state index in [2.05, 4.69) is 77.1 Å². The van der Waals surface area contributed by atoms with Gasteiger partial charge < -0.3 is 0 Å². The molecule has 0 saturated carbocycles. The molecule has 47 heavy (non-hydrogen) atoms. The number of allylic oxidation sites excluding steroid dienone is 11. The van der Waals surface area contributed by atoms with Crippen molar-refractivity contribution in [2.45, 2.75) is 31.9 Å². The third-order valence-electron chi connectivity index (χ3n) is 9.67. The molecule has 0 heterocycles. The largest absolute Gasteiger partial charge is 0.395 e. The first-order valence-corrected chi connectivity index (χ1v) is 18.4. The fraction of sp³-hybridized carbons (Fsp3) is 0.167. The Balaban J connectivity index is 1.43. The summed E-state index contributed by atoms with van der Waals surface area (Å²) in [7, 11) is 0.